The fourth-order valence-electron chi connectivity index (χ4n) is 5.10. The molecule has 0 aliphatic rings. The van der Waals surface area contributed by atoms with Crippen LogP contribution in [0.1, 0.15) is 19.4 Å². The molecule has 3 aromatic heterocycles. The van der Waals surface area contributed by atoms with Crippen LogP contribution in [-0.2, 0) is 24.1 Å². The van der Waals surface area contributed by atoms with E-state index in [1.807, 2.05) is 35.9 Å². The molecule has 2 N–H and O–H groups in total. The molecule has 0 unspecified atom stereocenters. The van der Waals surface area contributed by atoms with Gasteiger partial charge in [0, 0.05) is 48.5 Å². The van der Waals surface area contributed by atoms with Gasteiger partial charge >= 0.3 is 5.69 Å². The zero-order chi connectivity index (χ0) is 26.9. The summed E-state index contributed by atoms with van der Waals surface area (Å²) in [5.41, 5.74) is 6.55. The minimum absolute atomic E-state index is 0.118. The first-order chi connectivity index (χ1) is 18.0. The summed E-state index contributed by atoms with van der Waals surface area (Å²) in [7, 11) is -0.237. The van der Waals surface area contributed by atoms with E-state index in [1.54, 1.807) is 55.3 Å². The van der Waals surface area contributed by atoms with E-state index in [-0.39, 0.29) is 16.6 Å². The maximum absolute atomic E-state index is 13.0. The van der Waals surface area contributed by atoms with Crippen LogP contribution in [0.4, 0.5) is 0 Å². The van der Waals surface area contributed by atoms with Gasteiger partial charge in [-0.1, -0.05) is 12.1 Å². The normalized spacial score (nSPS) is 12.5. The Hall–Kier alpha value is -4.15. The van der Waals surface area contributed by atoms with Crippen LogP contribution < -0.4 is 10.4 Å². The number of fused-ring (bicyclic) bond motifs is 3. The Balaban J connectivity index is 1.68. The second kappa shape index (κ2) is 8.44. The van der Waals surface area contributed by atoms with Crippen molar-refractivity contribution >= 4 is 43.0 Å². The molecule has 0 aliphatic heterocycles. The van der Waals surface area contributed by atoms with Gasteiger partial charge in [0.25, 0.3) is 0 Å². The van der Waals surface area contributed by atoms with E-state index in [0.29, 0.717) is 16.9 Å². The summed E-state index contributed by atoms with van der Waals surface area (Å²) in [4.78, 5) is 21.1. The van der Waals surface area contributed by atoms with Crippen molar-refractivity contribution in [2.75, 3.05) is 0 Å². The molecule has 38 heavy (non-hydrogen) atoms. The van der Waals surface area contributed by atoms with Crippen LogP contribution in [0.5, 0.6) is 0 Å². The SMILES string of the molecule is Cc1ccc2c(-c3nc4ccc(S(=O)(=O)NC(C)C)cc4n3-c3ccc4c(c3)n(C)c(=O)n4C)c[nH]c2c1. The molecule has 3 heterocycles. The molecule has 0 fully saturated rings. The number of aromatic amines is 1. The third-order valence-corrected chi connectivity index (χ3v) is 8.58. The molecule has 6 aromatic rings. The van der Waals surface area contributed by atoms with E-state index in [9.17, 15) is 13.2 Å². The lowest BCUT2D eigenvalue weighted by Gasteiger charge is -2.12. The van der Waals surface area contributed by atoms with Crippen LogP contribution in [0.25, 0.3) is 50.0 Å². The molecule has 6 rings (SSSR count). The number of hydrogen-bond acceptors (Lipinski definition) is 4. The van der Waals surface area contributed by atoms with Gasteiger partial charge in [-0.3, -0.25) is 13.7 Å². The van der Waals surface area contributed by atoms with E-state index in [0.717, 1.165) is 38.8 Å². The Morgan fingerprint density at radius 1 is 0.921 bits per heavy atom. The molecule has 0 saturated carbocycles. The highest BCUT2D eigenvalue weighted by atomic mass is 32.2. The molecule has 0 amide bonds. The predicted molar refractivity (Wildman–Crippen MR) is 150 cm³/mol. The first kappa shape index (κ1) is 24.2. The second-order valence-corrected chi connectivity index (χ2v) is 11.7. The van der Waals surface area contributed by atoms with Gasteiger partial charge in [-0.15, -0.1) is 0 Å². The molecular weight excluding hydrogens is 500 g/mol. The fourth-order valence-corrected chi connectivity index (χ4v) is 6.37. The lowest BCUT2D eigenvalue weighted by molar-refractivity contribution is 0.570. The average Bonchev–Trinajstić information content (AvgIpc) is 3.51. The van der Waals surface area contributed by atoms with Gasteiger partial charge < -0.3 is 4.98 Å². The Morgan fingerprint density at radius 2 is 1.68 bits per heavy atom. The topological polar surface area (TPSA) is 107 Å². The largest absolute Gasteiger partial charge is 0.360 e. The molecule has 0 radical (unpaired) electrons. The Labute approximate surface area is 219 Å². The van der Waals surface area contributed by atoms with Gasteiger partial charge in [0.2, 0.25) is 10.0 Å². The number of hydrogen-bond donors (Lipinski definition) is 2. The van der Waals surface area contributed by atoms with Crippen molar-refractivity contribution in [3.63, 3.8) is 0 Å². The van der Waals surface area contributed by atoms with Crippen LogP contribution in [0.3, 0.4) is 0 Å². The third kappa shape index (κ3) is 3.67. The molecule has 0 spiro atoms. The zero-order valence-electron chi connectivity index (χ0n) is 21.8. The molecule has 9 nitrogen and oxygen atoms in total. The molecule has 0 aliphatic carbocycles. The summed E-state index contributed by atoms with van der Waals surface area (Å²) in [5.74, 6) is 0.668. The number of aryl methyl sites for hydroxylation is 3. The quantitative estimate of drug-likeness (QED) is 0.347. The molecule has 194 valence electrons. The zero-order valence-corrected chi connectivity index (χ0v) is 22.6. The fraction of sp³-hybridized carbons (Fsp3) is 0.214. The minimum Gasteiger partial charge on any atom is -0.360 e. The molecule has 10 heteroatoms. The van der Waals surface area contributed by atoms with E-state index in [2.05, 4.69) is 27.9 Å². The molecular formula is C28H28N6O3S. The summed E-state index contributed by atoms with van der Waals surface area (Å²) in [6.45, 7) is 5.62. The van der Waals surface area contributed by atoms with Crippen LogP contribution in [0.2, 0.25) is 0 Å². The first-order valence-electron chi connectivity index (χ1n) is 12.3. The average molecular weight is 529 g/mol. The summed E-state index contributed by atoms with van der Waals surface area (Å²) in [6.07, 6.45) is 1.93. The molecule has 0 bridgehead atoms. The monoisotopic (exact) mass is 528 g/mol. The summed E-state index contributed by atoms with van der Waals surface area (Å²) >= 11 is 0. The van der Waals surface area contributed by atoms with E-state index in [4.69, 9.17) is 4.98 Å². The summed E-state index contributed by atoms with van der Waals surface area (Å²) in [5, 5.41) is 1.01. The Bertz CT molecular complexity index is 2060. The van der Waals surface area contributed by atoms with Crippen molar-refractivity contribution in [3.05, 3.63) is 76.8 Å². The van der Waals surface area contributed by atoms with Crippen molar-refractivity contribution in [2.45, 2.75) is 31.7 Å². The standard InChI is InChI=1S/C28H28N6O3S/c1-16(2)31-38(36,37)19-8-10-22-25(14-19)34(18-7-11-24-26(13-18)33(5)28(35)32(24)4)27(30-22)21-15-29-23-12-17(3)6-9-20(21)23/h6-16,29,31H,1-5H3. The number of H-pyrrole nitrogens is 1. The number of nitrogens with one attached hydrogen (secondary N) is 2. The molecule has 0 atom stereocenters. The van der Waals surface area contributed by atoms with E-state index in [1.165, 1.54) is 0 Å². The van der Waals surface area contributed by atoms with Crippen molar-refractivity contribution in [1.29, 1.82) is 0 Å². The van der Waals surface area contributed by atoms with E-state index < -0.39 is 10.0 Å². The van der Waals surface area contributed by atoms with Crippen molar-refractivity contribution in [3.8, 4) is 17.1 Å². The summed E-state index contributed by atoms with van der Waals surface area (Å²) < 4.78 is 33.9. The van der Waals surface area contributed by atoms with Crippen molar-refractivity contribution in [2.24, 2.45) is 14.1 Å². The van der Waals surface area contributed by atoms with Gasteiger partial charge in [0.1, 0.15) is 5.82 Å². The molecule has 0 saturated heterocycles. The van der Waals surface area contributed by atoms with Gasteiger partial charge in [0.15, 0.2) is 0 Å². The molecule has 3 aromatic carbocycles. The van der Waals surface area contributed by atoms with Crippen LogP contribution in [0.15, 0.2) is 70.5 Å². The lowest BCUT2D eigenvalue weighted by Crippen LogP contribution is -2.30. The number of rotatable bonds is 5. The highest BCUT2D eigenvalue weighted by Crippen LogP contribution is 2.35. The Morgan fingerprint density at radius 3 is 2.45 bits per heavy atom. The predicted octanol–water partition coefficient (Wildman–Crippen LogP) is 4.36. The lowest BCUT2D eigenvalue weighted by atomic mass is 10.1. The van der Waals surface area contributed by atoms with Gasteiger partial charge in [-0.05, 0) is 68.8 Å². The maximum atomic E-state index is 13.0. The van der Waals surface area contributed by atoms with Crippen molar-refractivity contribution < 1.29 is 8.42 Å². The van der Waals surface area contributed by atoms with Crippen molar-refractivity contribution in [1.82, 2.24) is 28.4 Å². The van der Waals surface area contributed by atoms with Crippen LogP contribution in [-0.4, -0.2) is 38.1 Å². The second-order valence-electron chi connectivity index (χ2n) is 10.0. The first-order valence-corrected chi connectivity index (χ1v) is 13.8. The minimum atomic E-state index is -3.72. The van der Waals surface area contributed by atoms with Gasteiger partial charge in [-0.2, -0.15) is 0 Å². The number of imidazole rings is 2. The maximum Gasteiger partial charge on any atom is 0.328 e. The van der Waals surface area contributed by atoms with E-state index >= 15 is 0 Å². The smallest absolute Gasteiger partial charge is 0.328 e. The third-order valence-electron chi connectivity index (χ3n) is 6.92. The highest BCUT2D eigenvalue weighted by Gasteiger charge is 2.22. The highest BCUT2D eigenvalue weighted by molar-refractivity contribution is 7.89. The summed E-state index contributed by atoms with van der Waals surface area (Å²) in [6, 6.07) is 16.7. The number of benzene rings is 3. The van der Waals surface area contributed by atoms with Crippen LogP contribution in [0, 0.1) is 6.92 Å². The number of nitrogens with zero attached hydrogens (tertiary/aromatic N) is 4. The van der Waals surface area contributed by atoms with Crippen LogP contribution >= 0.6 is 0 Å². The number of aromatic nitrogens is 5. The Kier molecular flexibility index (Phi) is 5.37. The van der Waals surface area contributed by atoms with Gasteiger partial charge in [-0.25, -0.2) is 22.9 Å². The van der Waals surface area contributed by atoms with Gasteiger partial charge in [0.05, 0.1) is 27.0 Å². The number of sulfonamides is 1.